The molecule has 11 nitrogen and oxygen atoms in total. The van der Waals surface area contributed by atoms with Gasteiger partial charge in [0.2, 0.25) is 15.9 Å². The Morgan fingerprint density at radius 3 is 2.27 bits per heavy atom. The highest BCUT2D eigenvalue weighted by Gasteiger charge is 2.44. The molecule has 1 aliphatic rings. The van der Waals surface area contributed by atoms with E-state index in [-0.39, 0.29) is 45.2 Å². The molecule has 1 aliphatic heterocycles. The first-order valence-electron chi connectivity index (χ1n) is 12.4. The molecule has 40 heavy (non-hydrogen) atoms. The number of pyridine rings is 1. The van der Waals surface area contributed by atoms with E-state index in [0.29, 0.717) is 10.9 Å². The molecule has 4 aromatic rings. The zero-order valence-corrected chi connectivity index (χ0v) is 23.7. The maximum absolute atomic E-state index is 14.0. The maximum Gasteiger partial charge on any atom is 0.268 e. The lowest BCUT2D eigenvalue weighted by atomic mass is 10.1. The number of amides is 1. The maximum atomic E-state index is 14.0. The number of rotatable bonds is 7. The molecular formula is C27H28N4O7S2. The summed E-state index contributed by atoms with van der Waals surface area (Å²) in [5.41, 5.74) is 1.20. The predicted octanol–water partition coefficient (Wildman–Crippen LogP) is 2.09. The molecule has 1 amide bonds. The topological polar surface area (TPSA) is 148 Å². The molecule has 0 saturated carbocycles. The first-order valence-corrected chi connectivity index (χ1v) is 15.3. The fourth-order valence-corrected chi connectivity index (χ4v) is 8.30. The minimum atomic E-state index is -4.38. The van der Waals surface area contributed by atoms with Crippen molar-refractivity contribution in [1.82, 2.24) is 12.8 Å². The van der Waals surface area contributed by atoms with E-state index < -0.39 is 38.6 Å². The number of benzene rings is 2. The van der Waals surface area contributed by atoms with Crippen LogP contribution in [0.2, 0.25) is 0 Å². The molecule has 0 spiro atoms. The van der Waals surface area contributed by atoms with E-state index in [1.807, 2.05) is 6.92 Å². The van der Waals surface area contributed by atoms with Gasteiger partial charge in [-0.15, -0.1) is 0 Å². The van der Waals surface area contributed by atoms with Crippen molar-refractivity contribution in [2.24, 2.45) is 7.05 Å². The van der Waals surface area contributed by atoms with E-state index in [1.54, 1.807) is 32.2 Å². The highest BCUT2D eigenvalue weighted by atomic mass is 32.2. The van der Waals surface area contributed by atoms with Crippen molar-refractivity contribution in [2.75, 3.05) is 11.9 Å². The number of nitrogens with zero attached hydrogens (tertiary/aromatic N) is 3. The monoisotopic (exact) mass is 584 g/mol. The molecule has 2 aromatic carbocycles. The summed E-state index contributed by atoms with van der Waals surface area (Å²) in [5, 5.41) is 13.0. The smallest absolute Gasteiger partial charge is 0.268 e. The largest absolute Gasteiger partial charge is 0.390 e. The Morgan fingerprint density at radius 2 is 1.68 bits per heavy atom. The average molecular weight is 585 g/mol. The van der Waals surface area contributed by atoms with Crippen LogP contribution in [0.25, 0.3) is 10.9 Å². The number of sulfonamides is 1. The van der Waals surface area contributed by atoms with Crippen LogP contribution in [0.1, 0.15) is 23.2 Å². The predicted molar refractivity (Wildman–Crippen MR) is 149 cm³/mol. The molecule has 5 rings (SSSR count). The van der Waals surface area contributed by atoms with Gasteiger partial charge in [0.25, 0.3) is 15.6 Å². The number of aliphatic hydroxyl groups excluding tert-OH is 1. The summed E-state index contributed by atoms with van der Waals surface area (Å²) >= 11 is 0. The normalized spacial score (nSPS) is 16.1. The zero-order valence-electron chi connectivity index (χ0n) is 22.0. The van der Waals surface area contributed by atoms with Crippen molar-refractivity contribution in [3.8, 4) is 0 Å². The van der Waals surface area contributed by atoms with Gasteiger partial charge in [-0.1, -0.05) is 17.7 Å². The fourth-order valence-electron chi connectivity index (χ4n) is 4.77. The molecule has 0 bridgehead atoms. The number of nitrogens with one attached hydrogen (secondary N) is 1. The minimum absolute atomic E-state index is 0.00110. The van der Waals surface area contributed by atoms with Gasteiger partial charge in [-0.2, -0.15) is 4.31 Å². The van der Waals surface area contributed by atoms with E-state index in [4.69, 9.17) is 0 Å². The van der Waals surface area contributed by atoms with Gasteiger partial charge in [-0.05, 0) is 62.2 Å². The Balaban J connectivity index is 1.60. The molecule has 1 fully saturated rings. The van der Waals surface area contributed by atoms with Gasteiger partial charge in [-0.25, -0.2) is 20.8 Å². The van der Waals surface area contributed by atoms with Crippen LogP contribution < -0.4 is 10.9 Å². The first-order chi connectivity index (χ1) is 18.8. The third-order valence-electron chi connectivity index (χ3n) is 6.99. The highest BCUT2D eigenvalue weighted by molar-refractivity contribution is 7.90. The van der Waals surface area contributed by atoms with Gasteiger partial charge >= 0.3 is 0 Å². The molecule has 13 heteroatoms. The number of anilines is 1. The number of fused-ring (bicyclic) bond motifs is 1. The molecule has 3 heterocycles. The summed E-state index contributed by atoms with van der Waals surface area (Å²) in [5.74, 6) is -0.606. The van der Waals surface area contributed by atoms with Crippen LogP contribution in [0, 0.1) is 13.8 Å². The van der Waals surface area contributed by atoms with E-state index in [0.717, 1.165) is 13.8 Å². The summed E-state index contributed by atoms with van der Waals surface area (Å²) in [6, 6.07) is 12.3. The van der Waals surface area contributed by atoms with Gasteiger partial charge in [0.1, 0.15) is 10.9 Å². The van der Waals surface area contributed by atoms with Crippen LogP contribution in [-0.4, -0.2) is 53.3 Å². The number of hydrogen-bond acceptors (Lipinski definition) is 7. The van der Waals surface area contributed by atoms with Crippen molar-refractivity contribution in [3.05, 3.63) is 88.0 Å². The SMILES string of the molecule is Cc1ccc(S(=O)(=O)n2c(CO)cc3cc(C)cc(S(=O)(=O)N4CC[C@H]4C(=O)Nc4ccn(C)c(=O)c4)c32)cc1. The molecular weight excluding hydrogens is 556 g/mol. The molecule has 0 aliphatic carbocycles. The molecule has 2 N–H and O–H groups in total. The van der Waals surface area contributed by atoms with Gasteiger partial charge in [0.05, 0.1) is 22.7 Å². The number of hydrogen-bond donors (Lipinski definition) is 2. The van der Waals surface area contributed by atoms with E-state index in [1.165, 1.54) is 47.2 Å². The molecule has 1 atom stereocenters. The third kappa shape index (κ3) is 4.64. The highest BCUT2D eigenvalue weighted by Crippen LogP contribution is 2.36. The molecule has 0 unspecified atom stereocenters. The van der Waals surface area contributed by atoms with Gasteiger partial charge in [0.15, 0.2) is 0 Å². The zero-order chi connectivity index (χ0) is 29.0. The summed E-state index contributed by atoms with van der Waals surface area (Å²) in [6.45, 7) is 2.89. The number of carbonyl (C=O) groups excluding carboxylic acids is 1. The number of aryl methyl sites for hydroxylation is 3. The molecule has 0 radical (unpaired) electrons. The Kier molecular flexibility index (Phi) is 6.94. The first kappa shape index (κ1) is 27.8. The standard InChI is InChI=1S/C27H28N4O7S2/c1-17-4-6-22(7-5-17)39(35,36)31-21(16-32)14-19-12-18(2)13-24(26(19)31)40(37,38)30-11-9-23(30)27(34)28-20-8-10-29(3)25(33)15-20/h4-8,10,12-15,23,32H,9,11,16H2,1-3H3,(H,28,34)/t23-/m0/s1. The molecule has 1 saturated heterocycles. The van der Waals surface area contributed by atoms with Crippen LogP contribution in [0.15, 0.2) is 75.4 Å². The lowest BCUT2D eigenvalue weighted by Gasteiger charge is -2.38. The number of aliphatic hydroxyl groups is 1. The van der Waals surface area contributed by atoms with E-state index >= 15 is 0 Å². The summed E-state index contributed by atoms with van der Waals surface area (Å²) in [6.07, 6.45) is 1.73. The van der Waals surface area contributed by atoms with Crippen molar-refractivity contribution < 1.29 is 26.7 Å². The summed E-state index contributed by atoms with van der Waals surface area (Å²) < 4.78 is 58.9. The second kappa shape index (κ2) is 10.0. The van der Waals surface area contributed by atoms with Gasteiger partial charge in [0, 0.05) is 36.9 Å². The second-order valence-electron chi connectivity index (χ2n) is 9.85. The van der Waals surface area contributed by atoms with Crippen LogP contribution in [0.3, 0.4) is 0 Å². The Hall–Kier alpha value is -3.78. The van der Waals surface area contributed by atoms with E-state index in [2.05, 4.69) is 5.32 Å². The van der Waals surface area contributed by atoms with Gasteiger partial charge in [-0.3, -0.25) is 9.59 Å². The summed E-state index contributed by atoms with van der Waals surface area (Å²) in [4.78, 5) is 24.6. The van der Waals surface area contributed by atoms with Crippen LogP contribution >= 0.6 is 0 Å². The second-order valence-corrected chi connectivity index (χ2v) is 13.5. The molecule has 2 aromatic heterocycles. The quantitative estimate of drug-likeness (QED) is 0.338. The summed E-state index contributed by atoms with van der Waals surface area (Å²) in [7, 11) is -7.12. The average Bonchev–Trinajstić information content (AvgIpc) is 3.24. The lowest BCUT2D eigenvalue weighted by molar-refractivity contribution is -0.122. The third-order valence-corrected chi connectivity index (χ3v) is 10.7. The van der Waals surface area contributed by atoms with Crippen LogP contribution in [-0.2, 0) is 38.5 Å². The van der Waals surface area contributed by atoms with Crippen molar-refractivity contribution in [1.29, 1.82) is 0 Å². The Morgan fingerprint density at radius 1 is 0.975 bits per heavy atom. The lowest BCUT2D eigenvalue weighted by Crippen LogP contribution is -2.56. The minimum Gasteiger partial charge on any atom is -0.390 e. The van der Waals surface area contributed by atoms with Crippen molar-refractivity contribution in [3.63, 3.8) is 0 Å². The van der Waals surface area contributed by atoms with Crippen LogP contribution in [0.5, 0.6) is 0 Å². The van der Waals surface area contributed by atoms with E-state index in [9.17, 15) is 31.5 Å². The fraction of sp³-hybridized carbons (Fsp3) is 0.259. The molecule has 210 valence electrons. The van der Waals surface area contributed by atoms with Crippen molar-refractivity contribution in [2.45, 2.75) is 42.7 Å². The number of carbonyl (C=O) groups is 1. The van der Waals surface area contributed by atoms with Crippen LogP contribution in [0.4, 0.5) is 5.69 Å². The number of aromatic nitrogens is 2. The Labute approximate surface area is 231 Å². The van der Waals surface area contributed by atoms with Crippen molar-refractivity contribution >= 4 is 42.5 Å². The van der Waals surface area contributed by atoms with Gasteiger partial charge < -0.3 is 15.0 Å². The Bertz CT molecular complexity index is 1930.